The second-order valence-corrected chi connectivity index (χ2v) is 6.57. The van der Waals surface area contributed by atoms with Crippen molar-refractivity contribution in [3.05, 3.63) is 69.8 Å². The Labute approximate surface area is 140 Å². The van der Waals surface area contributed by atoms with Gasteiger partial charge in [0, 0.05) is 28.4 Å². The van der Waals surface area contributed by atoms with E-state index in [1.54, 1.807) is 36.7 Å². The molecule has 24 heavy (non-hydrogen) atoms. The van der Waals surface area contributed by atoms with Gasteiger partial charge in [-0.05, 0) is 36.8 Å². The van der Waals surface area contributed by atoms with Crippen LogP contribution >= 0.6 is 11.3 Å². The number of halogens is 1. The van der Waals surface area contributed by atoms with Crippen molar-refractivity contribution in [2.75, 3.05) is 0 Å². The Morgan fingerprint density at radius 3 is 2.46 bits per heavy atom. The summed E-state index contributed by atoms with van der Waals surface area (Å²) in [4.78, 5) is 25.7. The minimum Gasteiger partial charge on any atom is -0.306 e. The highest BCUT2D eigenvalue weighted by molar-refractivity contribution is 7.19. The lowest BCUT2D eigenvalue weighted by Crippen LogP contribution is -2.09. The summed E-state index contributed by atoms with van der Waals surface area (Å²) in [6, 6.07) is 9.74. The van der Waals surface area contributed by atoms with Crippen LogP contribution in [0.1, 0.15) is 4.88 Å². The maximum atomic E-state index is 13.2. The molecule has 0 bridgehead atoms. The van der Waals surface area contributed by atoms with Gasteiger partial charge in [0.2, 0.25) is 0 Å². The second-order valence-electron chi connectivity index (χ2n) is 5.37. The Kier molecular flexibility index (Phi) is 3.46. The minimum atomic E-state index is -0.303. The quantitative estimate of drug-likeness (QED) is 0.597. The Balaban J connectivity index is 1.97. The van der Waals surface area contributed by atoms with Crippen molar-refractivity contribution in [1.29, 1.82) is 0 Å². The van der Waals surface area contributed by atoms with Crippen molar-refractivity contribution in [2.24, 2.45) is 0 Å². The zero-order valence-electron chi connectivity index (χ0n) is 12.7. The number of fused-ring (bicyclic) bond motifs is 1. The third-order valence-corrected chi connectivity index (χ3v) is 4.82. The number of aryl methyl sites for hydroxylation is 1. The molecule has 0 unspecified atom stereocenters. The molecule has 0 aliphatic carbocycles. The molecule has 6 heteroatoms. The van der Waals surface area contributed by atoms with E-state index >= 15 is 0 Å². The van der Waals surface area contributed by atoms with Crippen LogP contribution in [0.3, 0.4) is 0 Å². The molecule has 0 spiro atoms. The van der Waals surface area contributed by atoms with E-state index in [1.807, 2.05) is 6.92 Å². The first-order valence-corrected chi connectivity index (χ1v) is 8.15. The van der Waals surface area contributed by atoms with Crippen LogP contribution in [0.5, 0.6) is 0 Å². The molecule has 0 aliphatic heterocycles. The van der Waals surface area contributed by atoms with Crippen LogP contribution in [0.15, 0.2) is 53.6 Å². The highest BCUT2D eigenvalue weighted by Gasteiger charge is 2.17. The maximum absolute atomic E-state index is 13.2. The van der Waals surface area contributed by atoms with Crippen LogP contribution in [-0.4, -0.2) is 15.0 Å². The Morgan fingerprint density at radius 1 is 1.04 bits per heavy atom. The summed E-state index contributed by atoms with van der Waals surface area (Å²) >= 11 is 1.46. The number of nitrogens with one attached hydrogen (secondary N) is 1. The van der Waals surface area contributed by atoms with Gasteiger partial charge in [0.1, 0.15) is 16.5 Å². The molecule has 4 aromatic rings. The smallest absolute Gasteiger partial charge is 0.260 e. The number of hydrogen-bond donors (Lipinski definition) is 1. The fourth-order valence-electron chi connectivity index (χ4n) is 2.73. The van der Waals surface area contributed by atoms with Gasteiger partial charge in [-0.25, -0.2) is 9.37 Å². The van der Waals surface area contributed by atoms with Crippen molar-refractivity contribution in [3.8, 4) is 22.5 Å². The minimum absolute atomic E-state index is 0.199. The van der Waals surface area contributed by atoms with Gasteiger partial charge in [0.25, 0.3) is 5.56 Å². The van der Waals surface area contributed by atoms with Crippen LogP contribution in [-0.2, 0) is 0 Å². The van der Waals surface area contributed by atoms with Gasteiger partial charge in [0.05, 0.1) is 5.39 Å². The number of thiophene rings is 1. The molecule has 0 saturated carbocycles. The molecular formula is C18H12FN3OS. The fraction of sp³-hybridized carbons (Fsp3) is 0.0556. The zero-order valence-corrected chi connectivity index (χ0v) is 13.5. The lowest BCUT2D eigenvalue weighted by Gasteiger charge is -2.03. The number of nitrogens with zero attached hydrogens (tertiary/aromatic N) is 2. The van der Waals surface area contributed by atoms with Crippen molar-refractivity contribution in [2.45, 2.75) is 6.92 Å². The molecule has 3 heterocycles. The first-order chi connectivity index (χ1) is 11.6. The van der Waals surface area contributed by atoms with Gasteiger partial charge in [0.15, 0.2) is 0 Å². The molecule has 0 amide bonds. The van der Waals surface area contributed by atoms with Crippen molar-refractivity contribution in [3.63, 3.8) is 0 Å². The van der Waals surface area contributed by atoms with Gasteiger partial charge >= 0.3 is 0 Å². The highest BCUT2D eigenvalue weighted by atomic mass is 32.1. The molecule has 1 N–H and O–H groups in total. The predicted octanol–water partition coefficient (Wildman–Crippen LogP) is 4.16. The average Bonchev–Trinajstić information content (AvgIpc) is 2.93. The van der Waals surface area contributed by atoms with E-state index in [2.05, 4.69) is 15.0 Å². The van der Waals surface area contributed by atoms with E-state index in [9.17, 15) is 9.18 Å². The molecule has 0 aliphatic rings. The molecule has 4 nitrogen and oxygen atoms in total. The summed E-state index contributed by atoms with van der Waals surface area (Å²) in [5, 5.41) is 0.543. The normalized spacial score (nSPS) is 11.1. The Hall–Kier alpha value is -2.86. The molecular weight excluding hydrogens is 325 g/mol. The zero-order chi connectivity index (χ0) is 16.7. The van der Waals surface area contributed by atoms with E-state index in [4.69, 9.17) is 0 Å². The van der Waals surface area contributed by atoms with E-state index in [0.29, 0.717) is 16.0 Å². The first-order valence-electron chi connectivity index (χ1n) is 7.33. The van der Waals surface area contributed by atoms with Crippen molar-refractivity contribution in [1.82, 2.24) is 15.0 Å². The van der Waals surface area contributed by atoms with Gasteiger partial charge < -0.3 is 4.98 Å². The van der Waals surface area contributed by atoms with Crippen LogP contribution in [0.2, 0.25) is 0 Å². The molecule has 0 saturated heterocycles. The Bertz CT molecular complexity index is 1090. The monoisotopic (exact) mass is 337 g/mol. The average molecular weight is 337 g/mol. The number of aromatic nitrogens is 3. The van der Waals surface area contributed by atoms with Gasteiger partial charge in [-0.15, -0.1) is 11.3 Å². The maximum Gasteiger partial charge on any atom is 0.260 e. The van der Waals surface area contributed by atoms with E-state index < -0.39 is 0 Å². The summed E-state index contributed by atoms with van der Waals surface area (Å²) in [5.41, 5.74) is 2.23. The third kappa shape index (κ3) is 2.41. The lowest BCUT2D eigenvalue weighted by molar-refractivity contribution is 0.628. The number of aromatic amines is 1. The van der Waals surface area contributed by atoms with Crippen molar-refractivity contribution >= 4 is 21.6 Å². The van der Waals surface area contributed by atoms with Crippen LogP contribution in [0.25, 0.3) is 32.7 Å². The third-order valence-electron chi connectivity index (χ3n) is 3.82. The van der Waals surface area contributed by atoms with Crippen LogP contribution < -0.4 is 5.56 Å². The number of hydrogen-bond acceptors (Lipinski definition) is 4. The number of benzene rings is 1. The summed E-state index contributed by atoms with van der Waals surface area (Å²) in [6.07, 6.45) is 3.31. The summed E-state index contributed by atoms with van der Waals surface area (Å²) in [6.45, 7) is 1.94. The molecule has 4 rings (SSSR count). The van der Waals surface area contributed by atoms with E-state index in [0.717, 1.165) is 21.6 Å². The second kappa shape index (κ2) is 5.65. The molecule has 1 aromatic carbocycles. The van der Waals surface area contributed by atoms with Gasteiger partial charge in [-0.2, -0.15) is 0 Å². The number of rotatable bonds is 2. The number of pyridine rings is 1. The molecule has 118 valence electrons. The largest absolute Gasteiger partial charge is 0.306 e. The van der Waals surface area contributed by atoms with Crippen LogP contribution in [0, 0.1) is 12.7 Å². The standard InChI is InChI=1S/C18H12FN3OS/c1-10-14(11-2-4-13(19)5-3-11)15-17(23)21-16(22-18(15)24-10)12-6-8-20-9-7-12/h2-9H,1H3,(H,21,22,23). The summed E-state index contributed by atoms with van der Waals surface area (Å²) in [5.74, 6) is 0.213. The fourth-order valence-corrected chi connectivity index (χ4v) is 3.78. The predicted molar refractivity (Wildman–Crippen MR) is 93.6 cm³/mol. The molecule has 0 radical (unpaired) electrons. The molecule has 0 atom stereocenters. The van der Waals surface area contributed by atoms with Crippen LogP contribution in [0.4, 0.5) is 4.39 Å². The Morgan fingerprint density at radius 2 is 1.75 bits per heavy atom. The summed E-state index contributed by atoms with van der Waals surface area (Å²) < 4.78 is 13.2. The molecule has 3 aromatic heterocycles. The number of H-pyrrole nitrogens is 1. The van der Waals surface area contributed by atoms with Crippen molar-refractivity contribution < 1.29 is 4.39 Å². The summed E-state index contributed by atoms with van der Waals surface area (Å²) in [7, 11) is 0. The van der Waals surface area contributed by atoms with E-state index in [1.165, 1.54) is 23.5 Å². The topological polar surface area (TPSA) is 58.6 Å². The lowest BCUT2D eigenvalue weighted by atomic mass is 10.0. The molecule has 0 fully saturated rings. The SMILES string of the molecule is Cc1sc2nc(-c3ccncc3)[nH]c(=O)c2c1-c1ccc(F)cc1. The van der Waals surface area contributed by atoms with Gasteiger partial charge in [-0.3, -0.25) is 9.78 Å². The van der Waals surface area contributed by atoms with Gasteiger partial charge in [-0.1, -0.05) is 12.1 Å². The first kappa shape index (κ1) is 14.7. The highest BCUT2D eigenvalue weighted by Crippen LogP contribution is 2.36. The van der Waals surface area contributed by atoms with E-state index in [-0.39, 0.29) is 11.4 Å².